The van der Waals surface area contributed by atoms with Crippen LogP contribution in [-0.4, -0.2) is 48.6 Å². The third kappa shape index (κ3) is 3.77. The van der Waals surface area contributed by atoms with Gasteiger partial charge < -0.3 is 19.5 Å². The molecular formula is C22H23NO5. The topological polar surface area (TPSA) is 76.1 Å². The first kappa shape index (κ1) is 19.6. The molecule has 28 heavy (non-hydrogen) atoms. The van der Waals surface area contributed by atoms with Crippen molar-refractivity contribution in [3.05, 3.63) is 71.3 Å². The Morgan fingerprint density at radius 1 is 1.07 bits per heavy atom. The molecule has 1 atom stereocenters. The Hall–Kier alpha value is -3.12. The van der Waals surface area contributed by atoms with Gasteiger partial charge in [0.2, 0.25) is 0 Å². The van der Waals surface area contributed by atoms with Crippen LogP contribution in [0.2, 0.25) is 0 Å². The normalized spacial score (nSPS) is 18.5. The molecule has 1 N–H and O–H groups in total. The summed E-state index contributed by atoms with van der Waals surface area (Å²) in [4.78, 5) is 26.9. The second-order valence-electron chi connectivity index (χ2n) is 6.35. The molecule has 0 bridgehead atoms. The summed E-state index contributed by atoms with van der Waals surface area (Å²) in [5.74, 6) is -0.828. The minimum atomic E-state index is -0.698. The van der Waals surface area contributed by atoms with E-state index in [-0.39, 0.29) is 24.5 Å². The minimum absolute atomic E-state index is 0.0801. The van der Waals surface area contributed by atoms with Crippen LogP contribution < -0.4 is 4.74 Å². The maximum atomic E-state index is 12.8. The average Bonchev–Trinajstić information content (AvgIpc) is 2.98. The molecule has 2 aromatic rings. The highest BCUT2D eigenvalue weighted by Gasteiger charge is 2.45. The van der Waals surface area contributed by atoms with Crippen molar-refractivity contribution < 1.29 is 24.2 Å². The number of rotatable bonds is 7. The number of likely N-dealkylation sites (tertiary alicyclic amines) is 1. The van der Waals surface area contributed by atoms with E-state index >= 15 is 0 Å². The molecule has 0 radical (unpaired) electrons. The summed E-state index contributed by atoms with van der Waals surface area (Å²) < 4.78 is 10.6. The monoisotopic (exact) mass is 381 g/mol. The number of carbonyl (C=O) groups is 2. The van der Waals surface area contributed by atoms with E-state index in [1.165, 1.54) is 12.0 Å². The SMILES string of the molecule is CCOc1ccc(C2C(=C(O)c3ccccc3)C(=O)C(=O)N2CCOC)cc1. The molecule has 1 amide bonds. The smallest absolute Gasteiger partial charge is 0.295 e. The standard InChI is InChI=1S/C22H23NO5/c1-3-28-17-11-9-15(10-12-17)19-18(20(24)16-7-5-4-6-8-16)21(25)22(26)23(19)13-14-27-2/h4-12,19,24H,3,13-14H2,1-2H3. The second-order valence-corrected chi connectivity index (χ2v) is 6.35. The van der Waals surface area contributed by atoms with Crippen LogP contribution in [0.3, 0.4) is 0 Å². The number of ketones is 1. The Bertz CT molecular complexity index is 874. The van der Waals surface area contributed by atoms with Crippen molar-refractivity contribution in [2.24, 2.45) is 0 Å². The summed E-state index contributed by atoms with van der Waals surface area (Å²) in [7, 11) is 1.53. The van der Waals surface area contributed by atoms with Crippen molar-refractivity contribution in [1.29, 1.82) is 0 Å². The number of aliphatic hydroxyl groups excluding tert-OH is 1. The van der Waals surface area contributed by atoms with Crippen molar-refractivity contribution in [3.63, 3.8) is 0 Å². The van der Waals surface area contributed by atoms with E-state index in [0.717, 1.165) is 5.56 Å². The lowest BCUT2D eigenvalue weighted by Gasteiger charge is -2.25. The summed E-state index contributed by atoms with van der Waals surface area (Å²) in [5.41, 5.74) is 1.29. The van der Waals surface area contributed by atoms with Crippen LogP contribution in [0.1, 0.15) is 24.1 Å². The van der Waals surface area contributed by atoms with Gasteiger partial charge in [-0.1, -0.05) is 42.5 Å². The fraction of sp³-hybridized carbons (Fsp3) is 0.273. The van der Waals surface area contributed by atoms with E-state index in [9.17, 15) is 14.7 Å². The number of benzene rings is 2. The maximum Gasteiger partial charge on any atom is 0.295 e. The van der Waals surface area contributed by atoms with Crippen molar-refractivity contribution >= 4 is 17.4 Å². The lowest BCUT2D eigenvalue weighted by molar-refractivity contribution is -0.140. The van der Waals surface area contributed by atoms with Crippen LogP contribution >= 0.6 is 0 Å². The number of Topliss-reactive ketones (excluding diaryl/α,β-unsaturated/α-hetero) is 1. The molecule has 6 heteroatoms. The van der Waals surface area contributed by atoms with Gasteiger partial charge in [-0.05, 0) is 24.6 Å². The van der Waals surface area contributed by atoms with Gasteiger partial charge in [-0.3, -0.25) is 9.59 Å². The Morgan fingerprint density at radius 2 is 1.75 bits per heavy atom. The molecule has 0 spiro atoms. The Labute approximate surface area is 164 Å². The van der Waals surface area contributed by atoms with Gasteiger partial charge in [-0.25, -0.2) is 0 Å². The van der Waals surface area contributed by atoms with Crippen molar-refractivity contribution in [2.75, 3.05) is 26.9 Å². The van der Waals surface area contributed by atoms with Gasteiger partial charge in [0.25, 0.3) is 11.7 Å². The number of carbonyl (C=O) groups excluding carboxylic acids is 2. The van der Waals surface area contributed by atoms with E-state index in [1.807, 2.05) is 13.0 Å². The quantitative estimate of drug-likeness (QED) is 0.453. The summed E-state index contributed by atoms with van der Waals surface area (Å²) >= 11 is 0. The summed E-state index contributed by atoms with van der Waals surface area (Å²) in [5, 5.41) is 10.8. The number of hydrogen-bond donors (Lipinski definition) is 1. The van der Waals surface area contributed by atoms with Crippen LogP contribution in [-0.2, 0) is 14.3 Å². The zero-order chi connectivity index (χ0) is 20.1. The Morgan fingerprint density at radius 3 is 2.36 bits per heavy atom. The summed E-state index contributed by atoms with van der Waals surface area (Å²) in [6, 6.07) is 15.3. The van der Waals surface area contributed by atoms with Gasteiger partial charge in [0.15, 0.2) is 0 Å². The molecule has 146 valence electrons. The number of aliphatic hydroxyl groups is 1. The van der Waals surface area contributed by atoms with Crippen LogP contribution in [0.25, 0.3) is 5.76 Å². The predicted molar refractivity (Wildman–Crippen MR) is 105 cm³/mol. The molecule has 0 aromatic heterocycles. The van der Waals surface area contributed by atoms with Gasteiger partial charge in [0.1, 0.15) is 11.5 Å². The highest BCUT2D eigenvalue weighted by molar-refractivity contribution is 6.46. The zero-order valence-corrected chi connectivity index (χ0v) is 15.9. The average molecular weight is 381 g/mol. The van der Waals surface area contributed by atoms with Gasteiger partial charge >= 0.3 is 0 Å². The molecule has 2 aromatic carbocycles. The molecule has 0 aliphatic carbocycles. The van der Waals surface area contributed by atoms with Crippen molar-refractivity contribution in [3.8, 4) is 5.75 Å². The largest absolute Gasteiger partial charge is 0.507 e. The number of nitrogens with zero attached hydrogens (tertiary/aromatic N) is 1. The number of amides is 1. The van der Waals surface area contributed by atoms with Gasteiger partial charge in [0, 0.05) is 19.2 Å². The molecule has 1 fully saturated rings. The number of ether oxygens (including phenoxy) is 2. The molecular weight excluding hydrogens is 358 g/mol. The van der Waals surface area contributed by atoms with E-state index in [1.54, 1.807) is 48.5 Å². The van der Waals surface area contributed by atoms with Crippen LogP contribution in [0.5, 0.6) is 5.75 Å². The number of hydrogen-bond acceptors (Lipinski definition) is 5. The zero-order valence-electron chi connectivity index (χ0n) is 15.9. The molecule has 1 aliphatic rings. The predicted octanol–water partition coefficient (Wildman–Crippen LogP) is 3.15. The third-order valence-electron chi connectivity index (χ3n) is 4.63. The van der Waals surface area contributed by atoms with Crippen LogP contribution in [0.15, 0.2) is 60.2 Å². The summed E-state index contributed by atoms with van der Waals surface area (Å²) in [6.07, 6.45) is 0. The van der Waals surface area contributed by atoms with E-state index in [4.69, 9.17) is 9.47 Å². The van der Waals surface area contributed by atoms with E-state index < -0.39 is 17.7 Å². The highest BCUT2D eigenvalue weighted by atomic mass is 16.5. The lowest BCUT2D eigenvalue weighted by atomic mass is 9.95. The Kier molecular flexibility index (Phi) is 6.11. The highest BCUT2D eigenvalue weighted by Crippen LogP contribution is 2.39. The van der Waals surface area contributed by atoms with Crippen molar-refractivity contribution in [1.82, 2.24) is 4.90 Å². The molecule has 1 aliphatic heterocycles. The Balaban J connectivity index is 2.10. The van der Waals surface area contributed by atoms with E-state index in [2.05, 4.69) is 0 Å². The lowest BCUT2D eigenvalue weighted by Crippen LogP contribution is -2.32. The van der Waals surface area contributed by atoms with Crippen molar-refractivity contribution in [2.45, 2.75) is 13.0 Å². The second kappa shape index (κ2) is 8.71. The van der Waals surface area contributed by atoms with E-state index in [0.29, 0.717) is 17.9 Å². The molecule has 3 rings (SSSR count). The number of methoxy groups -OCH3 is 1. The third-order valence-corrected chi connectivity index (χ3v) is 4.63. The molecule has 1 saturated heterocycles. The van der Waals surface area contributed by atoms with Crippen LogP contribution in [0, 0.1) is 0 Å². The fourth-order valence-electron chi connectivity index (χ4n) is 3.31. The fourth-order valence-corrected chi connectivity index (χ4v) is 3.31. The first-order valence-electron chi connectivity index (χ1n) is 9.14. The minimum Gasteiger partial charge on any atom is -0.507 e. The molecule has 1 heterocycles. The molecule has 1 unspecified atom stereocenters. The van der Waals surface area contributed by atoms with Gasteiger partial charge in [0.05, 0.1) is 24.8 Å². The molecule has 0 saturated carbocycles. The molecule has 6 nitrogen and oxygen atoms in total. The maximum absolute atomic E-state index is 12.8. The first-order chi connectivity index (χ1) is 13.6. The van der Waals surface area contributed by atoms with Crippen LogP contribution in [0.4, 0.5) is 0 Å². The summed E-state index contributed by atoms with van der Waals surface area (Å²) in [6.45, 7) is 2.96. The van der Waals surface area contributed by atoms with Gasteiger partial charge in [-0.15, -0.1) is 0 Å². The first-order valence-corrected chi connectivity index (χ1v) is 9.14. The van der Waals surface area contributed by atoms with Gasteiger partial charge in [-0.2, -0.15) is 0 Å².